The third kappa shape index (κ3) is 1.98. The molecular weight excluding hydrogens is 240 g/mol. The Bertz CT molecular complexity index is 433. The number of ether oxygens (including phenoxy) is 2. The van der Waals surface area contributed by atoms with Gasteiger partial charge in [-0.3, -0.25) is 4.79 Å². The van der Waals surface area contributed by atoms with Crippen LogP contribution in [0, 0.1) is 16.7 Å². The van der Waals surface area contributed by atoms with Gasteiger partial charge in [-0.2, -0.15) is 0 Å². The Labute approximate surface area is 115 Å². The molecule has 0 N–H and O–H groups in total. The van der Waals surface area contributed by atoms with Crippen molar-refractivity contribution >= 4 is 5.78 Å². The van der Waals surface area contributed by atoms with E-state index >= 15 is 0 Å². The molecule has 1 saturated heterocycles. The second kappa shape index (κ2) is 3.92. The van der Waals surface area contributed by atoms with E-state index in [1.807, 2.05) is 13.8 Å². The number of rotatable bonds is 2. The Kier molecular flexibility index (Phi) is 2.75. The Morgan fingerprint density at radius 2 is 1.84 bits per heavy atom. The zero-order valence-corrected chi connectivity index (χ0v) is 12.4. The van der Waals surface area contributed by atoms with Gasteiger partial charge in [-0.15, -0.1) is 0 Å². The maximum atomic E-state index is 12.1. The van der Waals surface area contributed by atoms with E-state index in [-0.39, 0.29) is 10.8 Å². The van der Waals surface area contributed by atoms with E-state index in [2.05, 4.69) is 13.0 Å². The maximum Gasteiger partial charge on any atom is 0.162 e. The van der Waals surface area contributed by atoms with E-state index in [4.69, 9.17) is 9.47 Å². The summed E-state index contributed by atoms with van der Waals surface area (Å²) in [5.41, 5.74) is 1.25. The minimum absolute atomic E-state index is 0.0121. The lowest BCUT2D eigenvalue weighted by atomic mass is 9.68. The first-order valence-corrected chi connectivity index (χ1v) is 7.26. The van der Waals surface area contributed by atoms with Crippen LogP contribution in [-0.4, -0.2) is 24.8 Å². The van der Waals surface area contributed by atoms with Gasteiger partial charge in [0.05, 0.1) is 13.2 Å². The fraction of sp³-hybridized carbons (Fsp3) is 0.812. The molecule has 0 bridgehead atoms. The summed E-state index contributed by atoms with van der Waals surface area (Å²) >= 11 is 0. The molecule has 3 aliphatic rings. The third-order valence-electron chi connectivity index (χ3n) is 5.24. The molecule has 1 saturated carbocycles. The van der Waals surface area contributed by atoms with Gasteiger partial charge in [0.25, 0.3) is 0 Å². The van der Waals surface area contributed by atoms with E-state index in [0.29, 0.717) is 24.9 Å². The Balaban J connectivity index is 1.88. The van der Waals surface area contributed by atoms with Crippen LogP contribution in [0.4, 0.5) is 0 Å². The van der Waals surface area contributed by atoms with Crippen molar-refractivity contribution < 1.29 is 14.3 Å². The second-order valence-electron chi connectivity index (χ2n) is 7.22. The summed E-state index contributed by atoms with van der Waals surface area (Å²) in [4.78, 5) is 12.1. The number of carbonyl (C=O) groups excluding carboxylic acids is 1. The van der Waals surface area contributed by atoms with Crippen LogP contribution < -0.4 is 0 Å². The van der Waals surface area contributed by atoms with Crippen LogP contribution in [0.2, 0.25) is 0 Å². The highest BCUT2D eigenvalue weighted by molar-refractivity contribution is 5.86. The van der Waals surface area contributed by atoms with Crippen molar-refractivity contribution in [2.75, 3.05) is 13.2 Å². The number of Topliss-reactive ketones (excluding diaryl/α,β-unsaturated/α-hetero) is 1. The molecule has 0 radical (unpaired) electrons. The summed E-state index contributed by atoms with van der Waals surface area (Å²) in [6.45, 7) is 9.24. The van der Waals surface area contributed by atoms with Crippen LogP contribution >= 0.6 is 0 Å². The summed E-state index contributed by atoms with van der Waals surface area (Å²) in [6.07, 6.45) is 5.38. The van der Waals surface area contributed by atoms with Gasteiger partial charge in [-0.25, -0.2) is 0 Å². The molecule has 2 aliphatic carbocycles. The normalized spacial score (nSPS) is 34.1. The lowest BCUT2D eigenvalue weighted by Crippen LogP contribution is -2.51. The van der Waals surface area contributed by atoms with Crippen LogP contribution in [0.1, 0.15) is 47.0 Å². The minimum atomic E-state index is -0.487. The molecule has 0 amide bonds. The molecule has 0 aromatic rings. The van der Waals surface area contributed by atoms with Crippen molar-refractivity contribution in [2.45, 2.75) is 52.7 Å². The summed E-state index contributed by atoms with van der Waals surface area (Å²) in [5.74, 6) is 0.153. The fourth-order valence-electron chi connectivity index (χ4n) is 3.95. The van der Waals surface area contributed by atoms with Gasteiger partial charge in [-0.1, -0.05) is 11.6 Å². The van der Waals surface area contributed by atoms with Crippen LogP contribution in [-0.2, 0) is 14.3 Å². The van der Waals surface area contributed by atoms with Crippen molar-refractivity contribution in [1.82, 2.24) is 0 Å². The van der Waals surface area contributed by atoms with Crippen molar-refractivity contribution in [3.8, 4) is 0 Å². The molecule has 106 valence electrons. The number of carbonyl (C=O) groups is 1. The minimum Gasteiger partial charge on any atom is -0.350 e. The SMILES string of the molecule is CC(=O)C1(C2C=C(C)CC23COC(C)(C)OC3)CC1. The molecule has 3 heteroatoms. The Hall–Kier alpha value is -0.670. The molecule has 0 aromatic heterocycles. The molecule has 1 aliphatic heterocycles. The highest BCUT2D eigenvalue weighted by Crippen LogP contribution is 2.63. The Morgan fingerprint density at radius 3 is 2.32 bits per heavy atom. The van der Waals surface area contributed by atoms with Crippen molar-refractivity contribution in [2.24, 2.45) is 16.7 Å². The Morgan fingerprint density at radius 1 is 1.26 bits per heavy atom. The van der Waals surface area contributed by atoms with Crippen molar-refractivity contribution in [3.63, 3.8) is 0 Å². The van der Waals surface area contributed by atoms with E-state index in [1.165, 1.54) is 5.57 Å². The number of hydrogen-bond acceptors (Lipinski definition) is 3. The highest BCUT2D eigenvalue weighted by atomic mass is 16.7. The first kappa shape index (κ1) is 13.3. The molecule has 1 unspecified atom stereocenters. The summed E-state index contributed by atoms with van der Waals surface area (Å²) in [5, 5.41) is 0. The second-order valence-corrected chi connectivity index (χ2v) is 7.22. The average Bonchev–Trinajstić information content (AvgIpc) is 3.05. The lowest BCUT2D eigenvalue weighted by molar-refractivity contribution is -0.292. The van der Waals surface area contributed by atoms with Crippen LogP contribution in [0.25, 0.3) is 0 Å². The molecule has 3 rings (SSSR count). The maximum absolute atomic E-state index is 12.1. The first-order valence-electron chi connectivity index (χ1n) is 7.26. The lowest BCUT2D eigenvalue weighted by Gasteiger charge is -2.46. The largest absolute Gasteiger partial charge is 0.350 e. The molecule has 1 heterocycles. The summed E-state index contributed by atoms with van der Waals surface area (Å²) in [7, 11) is 0. The van der Waals surface area contributed by atoms with Crippen LogP contribution in [0.15, 0.2) is 11.6 Å². The van der Waals surface area contributed by atoms with Gasteiger partial charge in [-0.05, 0) is 52.9 Å². The molecule has 19 heavy (non-hydrogen) atoms. The molecule has 2 fully saturated rings. The van der Waals surface area contributed by atoms with E-state index in [1.54, 1.807) is 6.92 Å². The van der Waals surface area contributed by atoms with Gasteiger partial charge >= 0.3 is 0 Å². The number of allylic oxidation sites excluding steroid dienone is 2. The predicted octanol–water partition coefficient (Wildman–Crippen LogP) is 3.09. The highest BCUT2D eigenvalue weighted by Gasteiger charge is 2.62. The zero-order chi connectivity index (χ0) is 13.9. The van der Waals surface area contributed by atoms with Gasteiger partial charge < -0.3 is 9.47 Å². The van der Waals surface area contributed by atoms with Crippen LogP contribution in [0.3, 0.4) is 0 Å². The standard InChI is InChI=1S/C16H24O3/c1-11-7-13(16(5-6-16)12(2)17)15(8-11)9-18-14(3,4)19-10-15/h7,13H,5-6,8-10H2,1-4H3. The number of ketones is 1. The fourth-order valence-corrected chi connectivity index (χ4v) is 3.95. The van der Waals surface area contributed by atoms with E-state index < -0.39 is 5.79 Å². The molecule has 3 nitrogen and oxygen atoms in total. The van der Waals surface area contributed by atoms with Crippen molar-refractivity contribution in [1.29, 1.82) is 0 Å². The quantitative estimate of drug-likeness (QED) is 0.719. The number of hydrogen-bond donors (Lipinski definition) is 0. The average molecular weight is 264 g/mol. The zero-order valence-electron chi connectivity index (χ0n) is 12.4. The topological polar surface area (TPSA) is 35.5 Å². The monoisotopic (exact) mass is 264 g/mol. The molecule has 0 aromatic carbocycles. The van der Waals surface area contributed by atoms with Crippen LogP contribution in [0.5, 0.6) is 0 Å². The molecule has 1 atom stereocenters. The molecular formula is C16H24O3. The summed E-state index contributed by atoms with van der Waals surface area (Å²) < 4.78 is 11.8. The van der Waals surface area contributed by atoms with Crippen molar-refractivity contribution in [3.05, 3.63) is 11.6 Å². The van der Waals surface area contributed by atoms with E-state index in [0.717, 1.165) is 19.3 Å². The van der Waals surface area contributed by atoms with E-state index in [9.17, 15) is 4.79 Å². The molecule has 1 spiro atoms. The van der Waals surface area contributed by atoms with Gasteiger partial charge in [0.2, 0.25) is 0 Å². The van der Waals surface area contributed by atoms with Gasteiger partial charge in [0.15, 0.2) is 5.79 Å². The third-order valence-corrected chi connectivity index (χ3v) is 5.24. The predicted molar refractivity (Wildman–Crippen MR) is 72.6 cm³/mol. The summed E-state index contributed by atoms with van der Waals surface area (Å²) in [6, 6.07) is 0. The first-order chi connectivity index (χ1) is 8.80. The van der Waals surface area contributed by atoms with Gasteiger partial charge in [0.1, 0.15) is 5.78 Å². The van der Waals surface area contributed by atoms with Gasteiger partial charge in [0, 0.05) is 10.8 Å². The smallest absolute Gasteiger partial charge is 0.162 e.